The van der Waals surface area contributed by atoms with Crippen LogP contribution in [0, 0.1) is 13.8 Å². The van der Waals surface area contributed by atoms with Gasteiger partial charge in [-0.3, -0.25) is 4.90 Å². The summed E-state index contributed by atoms with van der Waals surface area (Å²) in [4.78, 5) is 14.0. The van der Waals surface area contributed by atoms with E-state index in [1.54, 1.807) is 19.1 Å². The van der Waals surface area contributed by atoms with Crippen molar-refractivity contribution >= 4 is 22.6 Å². The first-order chi connectivity index (χ1) is 13.6. The van der Waals surface area contributed by atoms with E-state index >= 15 is 0 Å². The van der Waals surface area contributed by atoms with Crippen molar-refractivity contribution in [2.75, 3.05) is 6.73 Å². The smallest absolute Gasteiger partial charge is 0.416 e. The molecule has 0 saturated heterocycles. The number of ether oxygens (including phenoxy) is 1. The fraction of sp³-hybridized carbons (Fsp3) is 0.286. The highest BCUT2D eigenvalue weighted by Gasteiger charge is 2.31. The van der Waals surface area contributed by atoms with E-state index in [0.29, 0.717) is 39.6 Å². The summed E-state index contributed by atoms with van der Waals surface area (Å²) in [5.41, 5.74) is 1.67. The van der Waals surface area contributed by atoms with Crippen molar-refractivity contribution in [1.29, 1.82) is 0 Å². The van der Waals surface area contributed by atoms with Crippen LogP contribution in [0.15, 0.2) is 39.5 Å². The summed E-state index contributed by atoms with van der Waals surface area (Å²) >= 11 is 6.38. The average molecular weight is 424 g/mol. The Kier molecular flexibility index (Phi) is 4.83. The molecule has 3 aromatic rings. The number of benzene rings is 2. The number of halogens is 4. The predicted octanol–water partition coefficient (Wildman–Crippen LogP) is 5.43. The maximum Gasteiger partial charge on any atom is 0.416 e. The third kappa shape index (κ3) is 3.60. The molecule has 0 radical (unpaired) electrons. The second-order valence-corrected chi connectivity index (χ2v) is 7.55. The molecular formula is C21H17ClF3NO3. The minimum Gasteiger partial charge on any atom is -0.476 e. The van der Waals surface area contributed by atoms with E-state index in [1.807, 2.05) is 11.8 Å². The third-order valence-electron chi connectivity index (χ3n) is 5.18. The molecule has 152 valence electrons. The van der Waals surface area contributed by atoms with Gasteiger partial charge in [0, 0.05) is 24.0 Å². The van der Waals surface area contributed by atoms with Gasteiger partial charge in [0.2, 0.25) is 0 Å². The van der Waals surface area contributed by atoms with Crippen molar-refractivity contribution in [3.8, 4) is 5.75 Å². The summed E-state index contributed by atoms with van der Waals surface area (Å²) in [5.74, 6) is 0.436. The van der Waals surface area contributed by atoms with Crippen LogP contribution in [0.2, 0.25) is 5.02 Å². The van der Waals surface area contributed by atoms with Gasteiger partial charge in [0.15, 0.2) is 0 Å². The molecule has 0 N–H and O–H groups in total. The van der Waals surface area contributed by atoms with E-state index in [4.69, 9.17) is 20.8 Å². The molecule has 2 heterocycles. The van der Waals surface area contributed by atoms with E-state index in [-0.39, 0.29) is 13.3 Å². The lowest BCUT2D eigenvalue weighted by Crippen LogP contribution is -2.32. The largest absolute Gasteiger partial charge is 0.476 e. The minimum atomic E-state index is -4.40. The highest BCUT2D eigenvalue weighted by molar-refractivity contribution is 6.33. The molecule has 1 aliphatic heterocycles. The van der Waals surface area contributed by atoms with Gasteiger partial charge in [-0.05, 0) is 37.1 Å². The predicted molar refractivity (Wildman–Crippen MR) is 103 cm³/mol. The van der Waals surface area contributed by atoms with Gasteiger partial charge in [-0.25, -0.2) is 4.79 Å². The maximum absolute atomic E-state index is 13.0. The van der Waals surface area contributed by atoms with Gasteiger partial charge >= 0.3 is 11.8 Å². The quantitative estimate of drug-likeness (QED) is 0.515. The van der Waals surface area contributed by atoms with Gasteiger partial charge in [0.05, 0.1) is 16.1 Å². The fourth-order valence-corrected chi connectivity index (χ4v) is 3.80. The van der Waals surface area contributed by atoms with Crippen molar-refractivity contribution < 1.29 is 22.3 Å². The molecule has 0 saturated carbocycles. The van der Waals surface area contributed by atoms with Crippen LogP contribution in [0.5, 0.6) is 5.75 Å². The van der Waals surface area contributed by atoms with Crippen molar-refractivity contribution in [1.82, 2.24) is 4.90 Å². The molecule has 0 fully saturated rings. The van der Waals surface area contributed by atoms with E-state index < -0.39 is 17.4 Å². The molecule has 0 amide bonds. The third-order valence-corrected chi connectivity index (χ3v) is 5.46. The highest BCUT2D eigenvalue weighted by Crippen LogP contribution is 2.40. The monoisotopic (exact) mass is 423 g/mol. The molecule has 1 aliphatic rings. The molecular weight excluding hydrogens is 407 g/mol. The number of hydrogen-bond donors (Lipinski definition) is 0. The van der Waals surface area contributed by atoms with Crippen LogP contribution in [0.4, 0.5) is 13.2 Å². The van der Waals surface area contributed by atoms with Crippen molar-refractivity contribution in [2.24, 2.45) is 0 Å². The number of rotatable bonds is 2. The Hall–Kier alpha value is -2.51. The van der Waals surface area contributed by atoms with Crippen molar-refractivity contribution in [3.05, 3.63) is 73.6 Å². The Balaban J connectivity index is 1.71. The molecule has 4 nitrogen and oxygen atoms in total. The van der Waals surface area contributed by atoms with Crippen LogP contribution in [-0.2, 0) is 19.3 Å². The number of alkyl halides is 3. The van der Waals surface area contributed by atoms with Gasteiger partial charge in [0.1, 0.15) is 18.1 Å². The van der Waals surface area contributed by atoms with Gasteiger partial charge in [-0.15, -0.1) is 0 Å². The zero-order valence-corrected chi connectivity index (χ0v) is 16.4. The first-order valence-corrected chi connectivity index (χ1v) is 9.29. The Morgan fingerprint density at radius 1 is 1.17 bits per heavy atom. The van der Waals surface area contributed by atoms with Crippen molar-refractivity contribution in [2.45, 2.75) is 33.1 Å². The van der Waals surface area contributed by atoms with Gasteiger partial charge in [0.25, 0.3) is 0 Å². The summed E-state index contributed by atoms with van der Waals surface area (Å²) in [6, 6.07) is 6.89. The van der Waals surface area contributed by atoms with Crippen LogP contribution in [-0.4, -0.2) is 11.6 Å². The van der Waals surface area contributed by atoms with Crippen LogP contribution in [0.1, 0.15) is 27.8 Å². The SMILES string of the molecule is Cc1c(C)c2cc(Cl)c3c(c2oc1=O)CN(Cc1cccc(C(F)(F)F)c1)CO3. The fourth-order valence-electron chi connectivity index (χ4n) is 3.52. The summed E-state index contributed by atoms with van der Waals surface area (Å²) in [7, 11) is 0. The number of fused-ring (bicyclic) bond motifs is 3. The van der Waals surface area contributed by atoms with E-state index in [1.165, 1.54) is 6.07 Å². The Labute approximate surface area is 169 Å². The van der Waals surface area contributed by atoms with Crippen LogP contribution in [0.3, 0.4) is 0 Å². The molecule has 0 unspecified atom stereocenters. The standard InChI is InChI=1S/C21H17ClF3NO3/c1-11-12(2)20(27)29-18-15(11)7-17(22)19-16(18)9-26(10-28-19)8-13-4-3-5-14(6-13)21(23,24)25/h3-7H,8-10H2,1-2H3. The zero-order valence-electron chi connectivity index (χ0n) is 15.7. The van der Waals surface area contributed by atoms with Crippen LogP contribution < -0.4 is 10.4 Å². The summed E-state index contributed by atoms with van der Waals surface area (Å²) in [6.07, 6.45) is -4.40. The number of hydrogen-bond acceptors (Lipinski definition) is 4. The summed E-state index contributed by atoms with van der Waals surface area (Å²) < 4.78 is 50.2. The zero-order chi connectivity index (χ0) is 20.9. The van der Waals surface area contributed by atoms with Gasteiger partial charge in [-0.2, -0.15) is 13.2 Å². The molecule has 0 spiro atoms. The van der Waals surface area contributed by atoms with Gasteiger partial charge < -0.3 is 9.15 Å². The second-order valence-electron chi connectivity index (χ2n) is 7.14. The van der Waals surface area contributed by atoms with Gasteiger partial charge in [-0.1, -0.05) is 29.8 Å². The van der Waals surface area contributed by atoms with Crippen molar-refractivity contribution in [3.63, 3.8) is 0 Å². The van der Waals surface area contributed by atoms with Crippen LogP contribution in [0.25, 0.3) is 11.0 Å². The molecule has 0 bridgehead atoms. The van der Waals surface area contributed by atoms with Crippen LogP contribution >= 0.6 is 11.6 Å². The maximum atomic E-state index is 13.0. The van der Waals surface area contributed by atoms with E-state index in [2.05, 4.69) is 0 Å². The van der Waals surface area contributed by atoms with E-state index in [9.17, 15) is 18.0 Å². The second kappa shape index (κ2) is 7.07. The van der Waals surface area contributed by atoms with E-state index in [0.717, 1.165) is 23.1 Å². The normalized spacial score (nSPS) is 14.7. The molecule has 29 heavy (non-hydrogen) atoms. The number of nitrogens with zero attached hydrogens (tertiary/aromatic N) is 1. The Morgan fingerprint density at radius 2 is 1.93 bits per heavy atom. The molecule has 8 heteroatoms. The summed E-state index contributed by atoms with van der Waals surface area (Å²) in [5, 5.41) is 1.12. The topological polar surface area (TPSA) is 42.7 Å². The number of aryl methyl sites for hydroxylation is 1. The lowest BCUT2D eigenvalue weighted by Gasteiger charge is -2.30. The highest BCUT2D eigenvalue weighted by atomic mass is 35.5. The molecule has 1 aromatic heterocycles. The Bertz CT molecular complexity index is 1170. The molecule has 4 rings (SSSR count). The molecule has 0 atom stereocenters. The lowest BCUT2D eigenvalue weighted by atomic mass is 10.0. The minimum absolute atomic E-state index is 0.156. The lowest BCUT2D eigenvalue weighted by molar-refractivity contribution is -0.137. The Morgan fingerprint density at radius 3 is 2.66 bits per heavy atom. The molecule has 2 aromatic carbocycles. The summed E-state index contributed by atoms with van der Waals surface area (Å²) in [6.45, 7) is 4.23. The molecule has 0 aliphatic carbocycles. The first kappa shape index (κ1) is 19.8. The average Bonchev–Trinajstić information content (AvgIpc) is 2.67. The first-order valence-electron chi connectivity index (χ1n) is 8.92.